The Balaban J connectivity index is 1.52. The van der Waals surface area contributed by atoms with E-state index in [2.05, 4.69) is 15.2 Å². The van der Waals surface area contributed by atoms with E-state index in [0.717, 1.165) is 29.9 Å². The predicted octanol–water partition coefficient (Wildman–Crippen LogP) is 2.24. The number of aliphatic hydroxyl groups excluding tert-OH is 1. The molecule has 0 spiro atoms. The van der Waals surface area contributed by atoms with Crippen LogP contribution >= 0.6 is 0 Å². The van der Waals surface area contributed by atoms with Gasteiger partial charge in [0.2, 0.25) is 0 Å². The first-order valence-electron chi connectivity index (χ1n) is 8.83. The van der Waals surface area contributed by atoms with Crippen LogP contribution in [-0.4, -0.2) is 53.2 Å². The van der Waals surface area contributed by atoms with Gasteiger partial charge < -0.3 is 15.3 Å². The molecule has 1 aliphatic rings. The number of nitrogens with zero attached hydrogens (tertiary/aromatic N) is 2. The molecular formula is C20H25N3O2. The molecule has 0 saturated carbocycles. The average Bonchev–Trinajstić information content (AvgIpc) is 3.13. The highest BCUT2D eigenvalue weighted by atomic mass is 16.3. The largest absolute Gasteiger partial charge is 0.390 e. The van der Waals surface area contributed by atoms with Crippen molar-refractivity contribution in [1.29, 1.82) is 0 Å². The van der Waals surface area contributed by atoms with E-state index in [9.17, 15) is 9.90 Å². The average molecular weight is 339 g/mol. The molecule has 1 fully saturated rings. The molecule has 0 bridgehead atoms. The summed E-state index contributed by atoms with van der Waals surface area (Å²) < 4.78 is 0. The summed E-state index contributed by atoms with van der Waals surface area (Å²) in [7, 11) is 0. The highest BCUT2D eigenvalue weighted by Crippen LogP contribution is 2.19. The summed E-state index contributed by atoms with van der Waals surface area (Å²) in [6.07, 6.45) is 3.70. The van der Waals surface area contributed by atoms with Gasteiger partial charge in [0.1, 0.15) is 0 Å². The number of likely N-dealkylation sites (tertiary alicyclic amines) is 1. The van der Waals surface area contributed by atoms with Crippen LogP contribution in [0.4, 0.5) is 0 Å². The number of benzene rings is 1. The van der Waals surface area contributed by atoms with Crippen molar-refractivity contribution in [1.82, 2.24) is 15.2 Å². The number of carbonyl (C=O) groups excluding carboxylic acids is 1. The van der Waals surface area contributed by atoms with Gasteiger partial charge in [0.25, 0.3) is 5.91 Å². The Morgan fingerprint density at radius 2 is 1.84 bits per heavy atom. The Labute approximate surface area is 148 Å². The van der Waals surface area contributed by atoms with Crippen molar-refractivity contribution >= 4 is 5.91 Å². The topological polar surface area (TPSA) is 65.5 Å². The summed E-state index contributed by atoms with van der Waals surface area (Å²) in [5, 5.41) is 12.9. The lowest BCUT2D eigenvalue weighted by Gasteiger charge is -2.19. The molecule has 1 aromatic heterocycles. The minimum absolute atomic E-state index is 0.158. The number of nitrogens with one attached hydrogen (secondary N) is 1. The first kappa shape index (κ1) is 17.6. The van der Waals surface area contributed by atoms with Crippen molar-refractivity contribution in [3.63, 3.8) is 0 Å². The van der Waals surface area contributed by atoms with E-state index in [1.807, 2.05) is 37.4 Å². The highest BCUT2D eigenvalue weighted by Gasteiger charge is 2.16. The van der Waals surface area contributed by atoms with Crippen LogP contribution in [0.2, 0.25) is 0 Å². The molecule has 2 N–H and O–H groups in total. The second kappa shape index (κ2) is 8.23. The van der Waals surface area contributed by atoms with E-state index < -0.39 is 6.10 Å². The fourth-order valence-electron chi connectivity index (χ4n) is 3.09. The van der Waals surface area contributed by atoms with Crippen LogP contribution in [0, 0.1) is 6.92 Å². The van der Waals surface area contributed by atoms with Gasteiger partial charge in [0.05, 0.1) is 6.10 Å². The summed E-state index contributed by atoms with van der Waals surface area (Å²) in [6.45, 7) is 4.94. The van der Waals surface area contributed by atoms with Gasteiger partial charge in [-0.1, -0.05) is 18.2 Å². The molecule has 1 saturated heterocycles. The quantitative estimate of drug-likeness (QED) is 0.847. The van der Waals surface area contributed by atoms with Crippen molar-refractivity contribution < 1.29 is 9.90 Å². The Morgan fingerprint density at radius 1 is 1.16 bits per heavy atom. The van der Waals surface area contributed by atoms with E-state index in [1.165, 1.54) is 12.8 Å². The SMILES string of the molecule is Cc1ccc(-c2ccc(C(=O)NCC(O)CN3CCCC3)cc2)cn1. The van der Waals surface area contributed by atoms with Crippen LogP contribution in [0.1, 0.15) is 28.9 Å². The number of pyridine rings is 1. The van der Waals surface area contributed by atoms with Gasteiger partial charge in [-0.25, -0.2) is 0 Å². The fraction of sp³-hybridized carbons (Fsp3) is 0.400. The first-order valence-corrected chi connectivity index (χ1v) is 8.83. The van der Waals surface area contributed by atoms with Gasteiger partial charge in [0.15, 0.2) is 0 Å². The molecule has 25 heavy (non-hydrogen) atoms. The van der Waals surface area contributed by atoms with Crippen LogP contribution in [0.3, 0.4) is 0 Å². The molecule has 5 nitrogen and oxygen atoms in total. The second-order valence-corrected chi connectivity index (χ2v) is 6.64. The lowest BCUT2D eigenvalue weighted by Crippen LogP contribution is -2.39. The third-order valence-corrected chi connectivity index (χ3v) is 4.56. The zero-order valence-electron chi connectivity index (χ0n) is 14.6. The van der Waals surface area contributed by atoms with Crippen LogP contribution < -0.4 is 5.32 Å². The molecule has 0 aliphatic carbocycles. The molecule has 2 heterocycles. The maximum Gasteiger partial charge on any atom is 0.251 e. The molecule has 1 atom stereocenters. The van der Waals surface area contributed by atoms with E-state index in [-0.39, 0.29) is 12.5 Å². The minimum atomic E-state index is -0.528. The highest BCUT2D eigenvalue weighted by molar-refractivity contribution is 5.94. The Bertz CT molecular complexity index is 692. The van der Waals surface area contributed by atoms with Crippen LogP contribution in [0.15, 0.2) is 42.6 Å². The van der Waals surface area contributed by atoms with Gasteiger partial charge in [-0.05, 0) is 56.6 Å². The Morgan fingerprint density at radius 3 is 2.48 bits per heavy atom. The van der Waals surface area contributed by atoms with Crippen molar-refractivity contribution in [2.75, 3.05) is 26.2 Å². The summed E-state index contributed by atoms with van der Waals surface area (Å²) in [4.78, 5) is 18.8. The number of hydrogen-bond acceptors (Lipinski definition) is 4. The lowest BCUT2D eigenvalue weighted by atomic mass is 10.1. The fourth-order valence-corrected chi connectivity index (χ4v) is 3.09. The van der Waals surface area contributed by atoms with Gasteiger partial charge >= 0.3 is 0 Å². The second-order valence-electron chi connectivity index (χ2n) is 6.64. The molecule has 132 valence electrons. The van der Waals surface area contributed by atoms with E-state index in [1.54, 1.807) is 12.1 Å². The molecule has 3 rings (SSSR count). The monoisotopic (exact) mass is 339 g/mol. The number of aryl methyl sites for hydroxylation is 1. The maximum atomic E-state index is 12.2. The number of aromatic nitrogens is 1. The maximum absolute atomic E-state index is 12.2. The predicted molar refractivity (Wildman–Crippen MR) is 98.4 cm³/mol. The number of aliphatic hydroxyl groups is 1. The number of amides is 1. The first-order chi connectivity index (χ1) is 12.1. The molecule has 1 aromatic carbocycles. The molecule has 1 aliphatic heterocycles. The zero-order valence-corrected chi connectivity index (χ0v) is 14.6. The molecule has 1 unspecified atom stereocenters. The van der Waals surface area contributed by atoms with Crippen molar-refractivity contribution in [2.24, 2.45) is 0 Å². The molecule has 5 heteroatoms. The summed E-state index contributed by atoms with van der Waals surface area (Å²) in [5.41, 5.74) is 3.63. The summed E-state index contributed by atoms with van der Waals surface area (Å²) in [6, 6.07) is 11.4. The van der Waals surface area contributed by atoms with E-state index in [4.69, 9.17) is 0 Å². The molecule has 0 radical (unpaired) electrons. The van der Waals surface area contributed by atoms with Crippen molar-refractivity contribution in [3.8, 4) is 11.1 Å². The van der Waals surface area contributed by atoms with E-state index in [0.29, 0.717) is 12.1 Å². The summed E-state index contributed by atoms with van der Waals surface area (Å²) in [5.74, 6) is -0.158. The standard InChI is InChI=1S/C20H25N3O2/c1-15-4-5-18(12-21-15)16-6-8-17(9-7-16)20(25)22-13-19(24)14-23-10-2-3-11-23/h4-9,12,19,24H,2-3,10-11,13-14H2,1H3,(H,22,25). The van der Waals surface area contributed by atoms with E-state index >= 15 is 0 Å². The molecular weight excluding hydrogens is 314 g/mol. The minimum Gasteiger partial charge on any atom is -0.390 e. The summed E-state index contributed by atoms with van der Waals surface area (Å²) >= 11 is 0. The molecule has 2 aromatic rings. The van der Waals surface area contributed by atoms with Crippen LogP contribution in [0.5, 0.6) is 0 Å². The van der Waals surface area contributed by atoms with Gasteiger partial charge in [-0.3, -0.25) is 9.78 Å². The normalized spacial score (nSPS) is 15.9. The third-order valence-electron chi connectivity index (χ3n) is 4.56. The number of β-amino-alcohol motifs (C(OH)–C–C–N with tert-alkyl or cyclic N) is 1. The van der Waals surface area contributed by atoms with Crippen LogP contribution in [-0.2, 0) is 0 Å². The van der Waals surface area contributed by atoms with Gasteiger partial charge in [-0.2, -0.15) is 0 Å². The Kier molecular flexibility index (Phi) is 5.79. The molecule has 1 amide bonds. The van der Waals surface area contributed by atoms with Crippen LogP contribution in [0.25, 0.3) is 11.1 Å². The number of carbonyl (C=O) groups is 1. The lowest BCUT2D eigenvalue weighted by molar-refractivity contribution is 0.0879. The number of rotatable bonds is 6. The van der Waals surface area contributed by atoms with Crippen molar-refractivity contribution in [3.05, 3.63) is 53.9 Å². The Hall–Kier alpha value is -2.24. The number of hydrogen-bond donors (Lipinski definition) is 2. The van der Waals surface area contributed by atoms with Crippen molar-refractivity contribution in [2.45, 2.75) is 25.9 Å². The third kappa shape index (κ3) is 4.87. The zero-order chi connectivity index (χ0) is 17.6. The smallest absolute Gasteiger partial charge is 0.251 e. The van der Waals surface area contributed by atoms with Gasteiger partial charge in [0, 0.05) is 36.1 Å². The van der Waals surface area contributed by atoms with Gasteiger partial charge in [-0.15, -0.1) is 0 Å².